The van der Waals surface area contributed by atoms with Gasteiger partial charge in [-0.25, -0.2) is 0 Å². The summed E-state index contributed by atoms with van der Waals surface area (Å²) in [4.78, 5) is 12.4. The molecule has 0 aliphatic heterocycles. The highest BCUT2D eigenvalue weighted by molar-refractivity contribution is 5.96. The van der Waals surface area contributed by atoms with E-state index in [0.29, 0.717) is 0 Å². The Bertz CT molecular complexity index is 649. The van der Waals surface area contributed by atoms with E-state index in [2.05, 4.69) is 29.7 Å². The summed E-state index contributed by atoms with van der Waals surface area (Å²) >= 11 is 0. The molecule has 0 saturated carbocycles. The van der Waals surface area contributed by atoms with Gasteiger partial charge in [0.1, 0.15) is 0 Å². The third-order valence-electron chi connectivity index (χ3n) is 3.76. The molecule has 110 valence electrons. The Morgan fingerprint density at radius 2 is 1.76 bits per heavy atom. The molecule has 2 aromatic rings. The zero-order chi connectivity index (χ0) is 15.4. The van der Waals surface area contributed by atoms with Crippen LogP contribution in [-0.4, -0.2) is 13.0 Å². The van der Waals surface area contributed by atoms with Gasteiger partial charge in [-0.15, -0.1) is 0 Å². The highest BCUT2D eigenvalue weighted by atomic mass is 16.1. The molecule has 21 heavy (non-hydrogen) atoms. The van der Waals surface area contributed by atoms with E-state index >= 15 is 0 Å². The summed E-state index contributed by atoms with van der Waals surface area (Å²) in [6.07, 6.45) is 0. The van der Waals surface area contributed by atoms with Crippen molar-refractivity contribution in [1.82, 2.24) is 5.32 Å². The Morgan fingerprint density at radius 3 is 2.38 bits per heavy atom. The Kier molecular flexibility index (Phi) is 4.63. The second-order valence-electron chi connectivity index (χ2n) is 5.33. The maximum Gasteiger partial charge on any atom is 0.252 e. The largest absolute Gasteiger partial charge is 0.388 e. The van der Waals surface area contributed by atoms with Gasteiger partial charge < -0.3 is 10.6 Å². The van der Waals surface area contributed by atoms with Gasteiger partial charge in [-0.3, -0.25) is 4.79 Å². The minimum atomic E-state index is -0.0362. The SMILES string of the molecule is CNc1ccc(C(=O)NC(C)c2ccccc2C)c(C)c1. The number of anilines is 1. The summed E-state index contributed by atoms with van der Waals surface area (Å²) in [7, 11) is 1.87. The zero-order valence-corrected chi connectivity index (χ0v) is 13.0. The van der Waals surface area contributed by atoms with Gasteiger partial charge in [-0.2, -0.15) is 0 Å². The summed E-state index contributed by atoms with van der Waals surface area (Å²) in [5.41, 5.74) is 5.03. The van der Waals surface area contributed by atoms with Gasteiger partial charge in [-0.05, 0) is 55.7 Å². The normalized spacial score (nSPS) is 11.8. The van der Waals surface area contributed by atoms with Gasteiger partial charge in [0.2, 0.25) is 0 Å². The summed E-state index contributed by atoms with van der Waals surface area (Å²) < 4.78 is 0. The number of hydrogen-bond donors (Lipinski definition) is 2. The van der Waals surface area contributed by atoms with Crippen LogP contribution >= 0.6 is 0 Å². The lowest BCUT2D eigenvalue weighted by molar-refractivity contribution is 0.0939. The lowest BCUT2D eigenvalue weighted by Gasteiger charge is -2.17. The number of benzene rings is 2. The van der Waals surface area contributed by atoms with Crippen LogP contribution in [0.25, 0.3) is 0 Å². The van der Waals surface area contributed by atoms with Crippen molar-refractivity contribution < 1.29 is 4.79 Å². The van der Waals surface area contributed by atoms with Gasteiger partial charge in [0.25, 0.3) is 5.91 Å². The van der Waals surface area contributed by atoms with Crippen molar-refractivity contribution in [2.24, 2.45) is 0 Å². The van der Waals surface area contributed by atoms with Crippen molar-refractivity contribution in [2.45, 2.75) is 26.8 Å². The zero-order valence-electron chi connectivity index (χ0n) is 13.0. The lowest BCUT2D eigenvalue weighted by Crippen LogP contribution is -2.27. The number of carbonyl (C=O) groups excluding carboxylic acids is 1. The van der Waals surface area contributed by atoms with E-state index in [1.165, 1.54) is 5.56 Å². The first kappa shape index (κ1) is 15.1. The molecule has 0 aliphatic rings. The first-order valence-electron chi connectivity index (χ1n) is 7.17. The highest BCUT2D eigenvalue weighted by Crippen LogP contribution is 2.19. The molecular formula is C18H22N2O. The average Bonchev–Trinajstić information content (AvgIpc) is 2.47. The van der Waals surface area contributed by atoms with Crippen LogP contribution in [-0.2, 0) is 0 Å². The summed E-state index contributed by atoms with van der Waals surface area (Å²) in [5, 5.41) is 6.15. The van der Waals surface area contributed by atoms with Crippen LogP contribution < -0.4 is 10.6 Å². The first-order chi connectivity index (χ1) is 10.0. The van der Waals surface area contributed by atoms with Crippen LogP contribution in [0.2, 0.25) is 0 Å². The van der Waals surface area contributed by atoms with Crippen LogP contribution in [0.5, 0.6) is 0 Å². The van der Waals surface area contributed by atoms with Crippen LogP contribution in [0, 0.1) is 13.8 Å². The van der Waals surface area contributed by atoms with Crippen LogP contribution in [0.1, 0.15) is 40.0 Å². The summed E-state index contributed by atoms with van der Waals surface area (Å²) in [5.74, 6) is -0.0362. The fourth-order valence-corrected chi connectivity index (χ4v) is 2.50. The van der Waals surface area contributed by atoms with E-state index in [-0.39, 0.29) is 11.9 Å². The molecule has 0 radical (unpaired) electrons. The van der Waals surface area contributed by atoms with Crippen molar-refractivity contribution in [3.63, 3.8) is 0 Å². The third kappa shape index (κ3) is 3.43. The number of nitrogens with one attached hydrogen (secondary N) is 2. The number of hydrogen-bond acceptors (Lipinski definition) is 2. The van der Waals surface area contributed by atoms with Crippen molar-refractivity contribution in [2.75, 3.05) is 12.4 Å². The Balaban J connectivity index is 2.16. The second-order valence-corrected chi connectivity index (χ2v) is 5.33. The molecule has 1 atom stereocenters. The van der Waals surface area contributed by atoms with Gasteiger partial charge in [0.05, 0.1) is 6.04 Å². The number of amides is 1. The molecule has 2 rings (SSSR count). The predicted octanol–water partition coefficient (Wildman–Crippen LogP) is 3.84. The van der Waals surface area contributed by atoms with E-state index in [9.17, 15) is 4.79 Å². The molecule has 2 aromatic carbocycles. The minimum absolute atomic E-state index is 0.0120. The highest BCUT2D eigenvalue weighted by Gasteiger charge is 2.14. The van der Waals surface area contributed by atoms with Crippen molar-refractivity contribution in [3.8, 4) is 0 Å². The monoisotopic (exact) mass is 282 g/mol. The maximum absolute atomic E-state index is 12.4. The molecule has 1 amide bonds. The molecule has 3 nitrogen and oxygen atoms in total. The number of aryl methyl sites for hydroxylation is 2. The van der Waals surface area contributed by atoms with Crippen LogP contribution in [0.15, 0.2) is 42.5 Å². The Hall–Kier alpha value is -2.29. The maximum atomic E-state index is 12.4. The van der Waals surface area contributed by atoms with Gasteiger partial charge in [0, 0.05) is 18.3 Å². The molecule has 0 heterocycles. The van der Waals surface area contributed by atoms with E-state index in [4.69, 9.17) is 0 Å². The average molecular weight is 282 g/mol. The molecule has 0 aliphatic carbocycles. The smallest absolute Gasteiger partial charge is 0.252 e. The molecule has 3 heteroatoms. The molecule has 1 unspecified atom stereocenters. The van der Waals surface area contributed by atoms with E-state index in [1.807, 2.05) is 51.2 Å². The molecule has 0 spiro atoms. The quantitative estimate of drug-likeness (QED) is 0.894. The predicted molar refractivity (Wildman–Crippen MR) is 87.8 cm³/mol. The first-order valence-corrected chi connectivity index (χ1v) is 7.17. The number of carbonyl (C=O) groups is 1. The van der Waals surface area contributed by atoms with Crippen LogP contribution in [0.4, 0.5) is 5.69 Å². The van der Waals surface area contributed by atoms with Crippen molar-refractivity contribution in [1.29, 1.82) is 0 Å². The second kappa shape index (κ2) is 6.44. The molecule has 0 aromatic heterocycles. The molecule has 0 fully saturated rings. The van der Waals surface area contributed by atoms with E-state index < -0.39 is 0 Å². The van der Waals surface area contributed by atoms with Crippen molar-refractivity contribution >= 4 is 11.6 Å². The molecule has 2 N–H and O–H groups in total. The van der Waals surface area contributed by atoms with Gasteiger partial charge in [0.15, 0.2) is 0 Å². The lowest BCUT2D eigenvalue weighted by atomic mass is 10.0. The topological polar surface area (TPSA) is 41.1 Å². The minimum Gasteiger partial charge on any atom is -0.388 e. The Labute approximate surface area is 126 Å². The van der Waals surface area contributed by atoms with E-state index in [1.54, 1.807) is 0 Å². The van der Waals surface area contributed by atoms with Crippen LogP contribution in [0.3, 0.4) is 0 Å². The molecule has 0 bridgehead atoms. The molecule has 0 saturated heterocycles. The van der Waals surface area contributed by atoms with Crippen molar-refractivity contribution in [3.05, 3.63) is 64.7 Å². The fourth-order valence-electron chi connectivity index (χ4n) is 2.50. The number of rotatable bonds is 4. The summed E-state index contributed by atoms with van der Waals surface area (Å²) in [6, 6.07) is 13.9. The summed E-state index contributed by atoms with van der Waals surface area (Å²) in [6.45, 7) is 6.02. The molecular weight excluding hydrogens is 260 g/mol. The Morgan fingerprint density at radius 1 is 1.05 bits per heavy atom. The fraction of sp³-hybridized carbons (Fsp3) is 0.278. The van der Waals surface area contributed by atoms with Gasteiger partial charge in [-0.1, -0.05) is 24.3 Å². The van der Waals surface area contributed by atoms with E-state index in [0.717, 1.165) is 22.4 Å². The standard InChI is InChI=1S/C18H22N2O/c1-12-7-5-6-8-16(12)14(3)20-18(21)17-10-9-15(19-4)11-13(17)2/h5-11,14,19H,1-4H3,(H,20,21). The third-order valence-corrected chi connectivity index (χ3v) is 3.76. The van der Waals surface area contributed by atoms with Gasteiger partial charge >= 0.3 is 0 Å².